The Bertz CT molecular complexity index is 577. The summed E-state index contributed by atoms with van der Waals surface area (Å²) in [6.07, 6.45) is 1.65. The maximum absolute atomic E-state index is 12.4. The molecule has 0 spiro atoms. The highest BCUT2D eigenvalue weighted by molar-refractivity contribution is 9.10. The molecule has 1 aliphatic heterocycles. The first kappa shape index (κ1) is 15.8. The van der Waals surface area contributed by atoms with E-state index in [-0.39, 0.29) is 12.5 Å². The smallest absolute Gasteiger partial charge is 0.301 e. The summed E-state index contributed by atoms with van der Waals surface area (Å²) in [7, 11) is -3.57. The lowest BCUT2D eigenvalue weighted by Gasteiger charge is -2.31. The first-order valence-corrected chi connectivity index (χ1v) is 8.80. The Labute approximate surface area is 128 Å². The van der Waals surface area contributed by atoms with Crippen LogP contribution in [-0.4, -0.2) is 37.5 Å². The molecule has 0 saturated carbocycles. The van der Waals surface area contributed by atoms with E-state index in [1.165, 1.54) is 4.31 Å². The Balaban J connectivity index is 2.14. The molecule has 1 aromatic rings. The van der Waals surface area contributed by atoms with Crippen LogP contribution in [0.2, 0.25) is 0 Å². The van der Waals surface area contributed by atoms with Gasteiger partial charge in [0.1, 0.15) is 0 Å². The summed E-state index contributed by atoms with van der Waals surface area (Å²) in [6.45, 7) is 2.84. The fourth-order valence-electron chi connectivity index (χ4n) is 2.30. The van der Waals surface area contributed by atoms with Crippen molar-refractivity contribution >= 4 is 31.8 Å². The number of hydrogen-bond donors (Lipinski definition) is 2. The number of aliphatic hydroxyl groups is 1. The van der Waals surface area contributed by atoms with E-state index in [0.717, 1.165) is 22.9 Å². The van der Waals surface area contributed by atoms with Gasteiger partial charge in [-0.15, -0.1) is 0 Å². The summed E-state index contributed by atoms with van der Waals surface area (Å²) >= 11 is 3.36. The number of rotatable bonds is 4. The molecule has 1 saturated heterocycles. The minimum absolute atomic E-state index is 0.0280. The highest BCUT2D eigenvalue weighted by Crippen LogP contribution is 2.26. The minimum atomic E-state index is -3.57. The zero-order chi connectivity index (χ0) is 14.8. The van der Waals surface area contributed by atoms with Gasteiger partial charge in [-0.1, -0.05) is 6.07 Å². The molecule has 7 heteroatoms. The van der Waals surface area contributed by atoms with Crippen molar-refractivity contribution in [1.29, 1.82) is 0 Å². The number of hydrogen-bond acceptors (Lipinski definition) is 3. The van der Waals surface area contributed by atoms with E-state index in [1.54, 1.807) is 6.07 Å². The van der Waals surface area contributed by atoms with Gasteiger partial charge in [0, 0.05) is 24.2 Å². The van der Waals surface area contributed by atoms with E-state index >= 15 is 0 Å². The molecule has 5 nitrogen and oxygen atoms in total. The Morgan fingerprint density at radius 3 is 2.90 bits per heavy atom. The van der Waals surface area contributed by atoms with E-state index in [1.807, 2.05) is 19.1 Å². The van der Waals surface area contributed by atoms with Crippen molar-refractivity contribution in [1.82, 2.24) is 4.31 Å². The van der Waals surface area contributed by atoms with Gasteiger partial charge in [0.05, 0.1) is 5.69 Å². The number of aliphatic hydroxyl groups excluding tert-OH is 1. The molecule has 1 aromatic carbocycles. The second-order valence-corrected chi connectivity index (χ2v) is 7.66. The topological polar surface area (TPSA) is 69.6 Å². The average molecular weight is 363 g/mol. The Hall–Kier alpha value is -0.630. The van der Waals surface area contributed by atoms with Gasteiger partial charge in [-0.05, 0) is 59.3 Å². The molecule has 1 unspecified atom stereocenters. The number of halogens is 1. The van der Waals surface area contributed by atoms with Crippen molar-refractivity contribution in [2.45, 2.75) is 19.8 Å². The molecule has 0 bridgehead atoms. The second-order valence-electron chi connectivity index (χ2n) is 5.14. The molecule has 1 aliphatic rings. The molecule has 112 valence electrons. The molecular weight excluding hydrogens is 344 g/mol. The van der Waals surface area contributed by atoms with Crippen LogP contribution >= 0.6 is 15.9 Å². The second kappa shape index (κ2) is 6.43. The summed E-state index contributed by atoms with van der Waals surface area (Å²) in [5.74, 6) is 0.0294. The maximum atomic E-state index is 12.4. The van der Waals surface area contributed by atoms with Crippen molar-refractivity contribution < 1.29 is 13.5 Å². The fraction of sp³-hybridized carbons (Fsp3) is 0.538. The van der Waals surface area contributed by atoms with E-state index in [2.05, 4.69) is 20.7 Å². The zero-order valence-electron chi connectivity index (χ0n) is 11.3. The van der Waals surface area contributed by atoms with Crippen molar-refractivity contribution in [3.8, 4) is 0 Å². The van der Waals surface area contributed by atoms with Crippen LogP contribution in [0.4, 0.5) is 5.69 Å². The summed E-state index contributed by atoms with van der Waals surface area (Å²) in [6, 6.07) is 5.46. The van der Waals surface area contributed by atoms with E-state index in [9.17, 15) is 13.5 Å². The first-order valence-electron chi connectivity index (χ1n) is 6.57. The third-order valence-corrected chi connectivity index (χ3v) is 5.59. The van der Waals surface area contributed by atoms with Crippen molar-refractivity contribution in [3.63, 3.8) is 0 Å². The van der Waals surface area contributed by atoms with E-state index in [0.29, 0.717) is 18.8 Å². The lowest BCUT2D eigenvalue weighted by atomic mass is 10.0. The van der Waals surface area contributed by atoms with Crippen LogP contribution in [0, 0.1) is 12.8 Å². The molecule has 20 heavy (non-hydrogen) atoms. The number of aryl methyl sites for hydroxylation is 1. The first-order chi connectivity index (χ1) is 9.42. The van der Waals surface area contributed by atoms with E-state index < -0.39 is 10.2 Å². The quantitative estimate of drug-likeness (QED) is 0.861. The van der Waals surface area contributed by atoms with Gasteiger partial charge >= 0.3 is 10.2 Å². The predicted molar refractivity (Wildman–Crippen MR) is 82.8 cm³/mol. The lowest BCUT2D eigenvalue weighted by molar-refractivity contribution is 0.166. The number of nitrogens with zero attached hydrogens (tertiary/aromatic N) is 1. The zero-order valence-corrected chi connectivity index (χ0v) is 13.7. The molecule has 0 aliphatic carbocycles. The minimum Gasteiger partial charge on any atom is -0.396 e. The summed E-state index contributed by atoms with van der Waals surface area (Å²) in [5.41, 5.74) is 1.58. The molecule has 1 atom stereocenters. The number of anilines is 1. The Kier molecular flexibility index (Phi) is 5.06. The van der Waals surface area contributed by atoms with Crippen molar-refractivity contribution in [3.05, 3.63) is 28.2 Å². The van der Waals surface area contributed by atoms with Gasteiger partial charge in [-0.25, -0.2) is 0 Å². The normalized spacial score (nSPS) is 20.9. The van der Waals surface area contributed by atoms with Gasteiger partial charge in [-0.3, -0.25) is 4.72 Å². The molecule has 0 amide bonds. The third kappa shape index (κ3) is 3.72. The van der Waals surface area contributed by atoms with Crippen LogP contribution in [0.15, 0.2) is 22.7 Å². The molecule has 1 heterocycles. The van der Waals surface area contributed by atoms with Gasteiger partial charge in [-0.2, -0.15) is 12.7 Å². The number of piperidine rings is 1. The number of benzene rings is 1. The largest absolute Gasteiger partial charge is 0.396 e. The molecule has 1 fully saturated rings. The van der Waals surface area contributed by atoms with Gasteiger partial charge in [0.15, 0.2) is 0 Å². The summed E-state index contributed by atoms with van der Waals surface area (Å²) in [5, 5.41) is 9.19. The summed E-state index contributed by atoms with van der Waals surface area (Å²) < 4.78 is 29.5. The average Bonchev–Trinajstić information content (AvgIpc) is 2.42. The predicted octanol–water partition coefficient (Wildman–Crippen LogP) is 2.12. The monoisotopic (exact) mass is 362 g/mol. The lowest BCUT2D eigenvalue weighted by Crippen LogP contribution is -2.43. The number of nitrogens with one attached hydrogen (secondary N) is 1. The van der Waals surface area contributed by atoms with Crippen LogP contribution in [0.5, 0.6) is 0 Å². The van der Waals surface area contributed by atoms with Crippen molar-refractivity contribution in [2.75, 3.05) is 24.4 Å². The third-order valence-electron chi connectivity index (χ3n) is 3.44. The molecule has 0 aromatic heterocycles. The fourth-order valence-corrected chi connectivity index (χ4v) is 4.39. The van der Waals surface area contributed by atoms with Gasteiger partial charge < -0.3 is 5.11 Å². The molecular formula is C13H19BrN2O3S. The van der Waals surface area contributed by atoms with Gasteiger partial charge in [0.25, 0.3) is 0 Å². The van der Waals surface area contributed by atoms with Crippen LogP contribution < -0.4 is 4.72 Å². The van der Waals surface area contributed by atoms with Crippen LogP contribution in [0.1, 0.15) is 18.4 Å². The highest BCUT2D eigenvalue weighted by Gasteiger charge is 2.28. The standard InChI is InChI=1S/C13H19BrN2O3S/c1-10-4-5-13(12(14)7-10)15-20(18,19)16-6-2-3-11(8-16)9-17/h4-5,7,11,15,17H,2-3,6,8-9H2,1H3. The Morgan fingerprint density at radius 2 is 2.25 bits per heavy atom. The molecule has 0 radical (unpaired) electrons. The van der Waals surface area contributed by atoms with Crippen LogP contribution in [-0.2, 0) is 10.2 Å². The maximum Gasteiger partial charge on any atom is 0.301 e. The van der Waals surface area contributed by atoms with E-state index in [4.69, 9.17) is 0 Å². The van der Waals surface area contributed by atoms with Crippen molar-refractivity contribution in [2.24, 2.45) is 5.92 Å². The van der Waals surface area contributed by atoms with Crippen LogP contribution in [0.3, 0.4) is 0 Å². The molecule has 2 rings (SSSR count). The summed E-state index contributed by atoms with van der Waals surface area (Å²) in [4.78, 5) is 0. The molecule has 2 N–H and O–H groups in total. The highest BCUT2D eigenvalue weighted by atomic mass is 79.9. The Morgan fingerprint density at radius 1 is 1.50 bits per heavy atom. The SMILES string of the molecule is Cc1ccc(NS(=O)(=O)N2CCCC(CO)C2)c(Br)c1. The van der Waals surface area contributed by atoms with Crippen LogP contribution in [0.25, 0.3) is 0 Å². The van der Waals surface area contributed by atoms with Gasteiger partial charge in [0.2, 0.25) is 0 Å².